The summed E-state index contributed by atoms with van der Waals surface area (Å²) in [4.78, 5) is 25.1. The van der Waals surface area contributed by atoms with Gasteiger partial charge in [-0.1, -0.05) is 11.6 Å². The third-order valence-corrected chi connectivity index (χ3v) is 7.49. The van der Waals surface area contributed by atoms with Crippen molar-refractivity contribution in [3.63, 3.8) is 0 Å². The van der Waals surface area contributed by atoms with Gasteiger partial charge in [-0.25, -0.2) is 27.5 Å². The van der Waals surface area contributed by atoms with Gasteiger partial charge in [-0.2, -0.15) is 4.98 Å². The minimum atomic E-state index is -2.65. The first-order valence-corrected chi connectivity index (χ1v) is 12.6. The monoisotopic (exact) mass is 539 g/mol. The smallest absolute Gasteiger partial charge is 0.248 e. The lowest BCUT2D eigenvalue weighted by molar-refractivity contribution is -0.122. The van der Waals surface area contributed by atoms with Gasteiger partial charge in [-0.05, 0) is 44.6 Å². The number of halogens is 5. The number of nitrogens with one attached hydrogen (secondary N) is 2. The Bertz CT molecular complexity index is 1320. The minimum absolute atomic E-state index is 0.153. The highest BCUT2D eigenvalue weighted by molar-refractivity contribution is 6.30. The number of benzene rings is 1. The van der Waals surface area contributed by atoms with E-state index in [4.69, 9.17) is 17.3 Å². The maximum absolute atomic E-state index is 14.6. The summed E-state index contributed by atoms with van der Waals surface area (Å²) in [6, 6.07) is 1.48. The average molecular weight is 540 g/mol. The van der Waals surface area contributed by atoms with Crippen LogP contribution in [0.25, 0.3) is 11.2 Å². The number of carbonyl (C=O) groups excluding carboxylic acids is 1. The van der Waals surface area contributed by atoms with Crippen LogP contribution in [0, 0.1) is 17.6 Å². The van der Waals surface area contributed by atoms with Gasteiger partial charge in [-0.15, -0.1) is 0 Å². The molecule has 2 saturated carbocycles. The number of aromatic nitrogens is 4. The van der Waals surface area contributed by atoms with Crippen molar-refractivity contribution in [1.29, 1.82) is 0 Å². The summed E-state index contributed by atoms with van der Waals surface area (Å²) in [6.07, 6.45) is 3.99. The fourth-order valence-electron chi connectivity index (χ4n) is 5.12. The van der Waals surface area contributed by atoms with E-state index >= 15 is 0 Å². The number of fused-ring (bicyclic) bond motifs is 1. The van der Waals surface area contributed by atoms with Crippen molar-refractivity contribution >= 4 is 46.3 Å². The van der Waals surface area contributed by atoms with Gasteiger partial charge in [-0.3, -0.25) is 9.36 Å². The molecule has 1 amide bonds. The predicted molar refractivity (Wildman–Crippen MR) is 131 cm³/mol. The lowest BCUT2D eigenvalue weighted by atomic mass is 9.85. The van der Waals surface area contributed by atoms with E-state index < -0.39 is 17.6 Å². The van der Waals surface area contributed by atoms with E-state index in [2.05, 4.69) is 25.6 Å². The second kappa shape index (κ2) is 9.96. The number of rotatable bonds is 6. The molecule has 2 aliphatic rings. The van der Waals surface area contributed by atoms with Crippen molar-refractivity contribution in [3.05, 3.63) is 35.0 Å². The molecule has 0 aliphatic heterocycles. The van der Waals surface area contributed by atoms with Gasteiger partial charge in [0, 0.05) is 36.9 Å². The summed E-state index contributed by atoms with van der Waals surface area (Å²) in [6.45, 7) is 0. The number of hydrogen-bond acceptors (Lipinski definition) is 6. The van der Waals surface area contributed by atoms with E-state index in [0.29, 0.717) is 49.7 Å². The van der Waals surface area contributed by atoms with Gasteiger partial charge < -0.3 is 16.4 Å². The van der Waals surface area contributed by atoms with E-state index in [1.54, 1.807) is 4.57 Å². The van der Waals surface area contributed by atoms with Crippen LogP contribution >= 0.6 is 11.6 Å². The molecule has 5 rings (SSSR count). The molecule has 2 heterocycles. The maximum atomic E-state index is 14.6. The normalized spacial score (nSPS) is 22.2. The number of nitrogens with zero attached hydrogens (tertiary/aromatic N) is 4. The molecule has 0 bridgehead atoms. The number of hydrogen-bond donors (Lipinski definition) is 3. The van der Waals surface area contributed by atoms with Gasteiger partial charge in [0.1, 0.15) is 17.2 Å². The number of carbonyl (C=O) groups is 1. The van der Waals surface area contributed by atoms with Crippen LogP contribution in [0.15, 0.2) is 18.3 Å². The highest BCUT2D eigenvalue weighted by Crippen LogP contribution is 2.38. The van der Waals surface area contributed by atoms with Crippen LogP contribution in [0.5, 0.6) is 0 Å². The molecule has 0 spiro atoms. The number of imidazole rings is 1. The van der Waals surface area contributed by atoms with Crippen LogP contribution in [-0.4, -0.2) is 37.4 Å². The van der Waals surface area contributed by atoms with Gasteiger partial charge in [0.05, 0.1) is 16.9 Å². The first kappa shape index (κ1) is 25.5. The highest BCUT2D eigenvalue weighted by Gasteiger charge is 2.35. The zero-order chi connectivity index (χ0) is 26.3. The van der Waals surface area contributed by atoms with E-state index in [1.165, 1.54) is 6.20 Å². The highest BCUT2D eigenvalue weighted by atomic mass is 35.5. The number of amides is 1. The second-order valence-corrected chi connectivity index (χ2v) is 10.2. The number of primary amides is 1. The Morgan fingerprint density at radius 1 is 1.05 bits per heavy atom. The average Bonchev–Trinajstić information content (AvgIpc) is 3.21. The third-order valence-electron chi connectivity index (χ3n) is 7.20. The molecule has 2 aliphatic carbocycles. The molecule has 0 saturated heterocycles. The molecule has 4 N–H and O–H groups in total. The molecule has 198 valence electrons. The third kappa shape index (κ3) is 5.43. The summed E-state index contributed by atoms with van der Waals surface area (Å²) >= 11 is 5.69. The van der Waals surface area contributed by atoms with Crippen LogP contribution in [-0.2, 0) is 4.79 Å². The number of alkyl halides is 2. The van der Waals surface area contributed by atoms with Crippen molar-refractivity contribution < 1.29 is 22.4 Å². The molecular formula is C24H26ClF4N7O. The van der Waals surface area contributed by atoms with Gasteiger partial charge in [0.2, 0.25) is 23.7 Å². The van der Waals surface area contributed by atoms with Crippen LogP contribution < -0.4 is 16.4 Å². The van der Waals surface area contributed by atoms with Gasteiger partial charge in [0.15, 0.2) is 5.65 Å². The molecule has 1 aromatic carbocycles. The zero-order valence-corrected chi connectivity index (χ0v) is 20.5. The quantitative estimate of drug-likeness (QED) is 0.273. The molecule has 0 unspecified atom stereocenters. The first-order chi connectivity index (χ1) is 17.6. The topological polar surface area (TPSA) is 111 Å². The summed E-state index contributed by atoms with van der Waals surface area (Å²) in [7, 11) is 0. The van der Waals surface area contributed by atoms with E-state index in [9.17, 15) is 22.4 Å². The Morgan fingerprint density at radius 2 is 1.76 bits per heavy atom. The minimum Gasteiger partial charge on any atom is -0.369 e. The molecule has 13 heteroatoms. The standard InChI is InChI=1S/C24H26ClF4N7O/c25-15-9-17(27)18(10-16(15)26)33-23-34-19-11-31-22(32-13-5-7-24(28,29)8-6-13)35-21(19)36(23)14-3-1-12(2-4-14)20(30)37/h9-14H,1-8H2,(H2,30,37)(H,33,34)(H,31,32,35). The van der Waals surface area contributed by atoms with Crippen molar-refractivity contribution in [2.75, 3.05) is 10.6 Å². The summed E-state index contributed by atoms with van der Waals surface area (Å²) in [5.74, 6) is -4.29. The fraction of sp³-hybridized carbons (Fsp3) is 0.500. The van der Waals surface area contributed by atoms with Crippen LogP contribution in [0.1, 0.15) is 57.4 Å². The molecular weight excluding hydrogens is 514 g/mol. The van der Waals surface area contributed by atoms with E-state index in [-0.39, 0.29) is 59.4 Å². The predicted octanol–water partition coefficient (Wildman–Crippen LogP) is 5.71. The second-order valence-electron chi connectivity index (χ2n) is 9.76. The lowest BCUT2D eigenvalue weighted by Gasteiger charge is -2.29. The largest absolute Gasteiger partial charge is 0.369 e. The van der Waals surface area contributed by atoms with Crippen LogP contribution in [0.3, 0.4) is 0 Å². The van der Waals surface area contributed by atoms with Crippen molar-refractivity contribution in [2.24, 2.45) is 11.7 Å². The molecule has 37 heavy (non-hydrogen) atoms. The molecule has 0 radical (unpaired) electrons. The van der Waals surface area contributed by atoms with Crippen LogP contribution in [0.4, 0.5) is 35.1 Å². The summed E-state index contributed by atoms with van der Waals surface area (Å²) < 4.78 is 57.5. The first-order valence-electron chi connectivity index (χ1n) is 12.2. The molecule has 2 fully saturated rings. The SMILES string of the molecule is NC(=O)C1CCC(n2c(Nc3cc(F)c(Cl)cc3F)nc3cnc(NC4CCC(F)(F)CC4)nc32)CC1. The lowest BCUT2D eigenvalue weighted by Crippen LogP contribution is -2.32. The Labute approximate surface area is 215 Å². The Morgan fingerprint density at radius 3 is 2.43 bits per heavy atom. The molecule has 0 atom stereocenters. The van der Waals surface area contributed by atoms with Crippen LogP contribution in [0.2, 0.25) is 5.02 Å². The van der Waals surface area contributed by atoms with Gasteiger partial charge in [0.25, 0.3) is 0 Å². The van der Waals surface area contributed by atoms with Crippen molar-refractivity contribution in [3.8, 4) is 0 Å². The molecule has 3 aromatic rings. The Kier molecular flexibility index (Phi) is 6.86. The zero-order valence-electron chi connectivity index (χ0n) is 19.8. The fourth-order valence-corrected chi connectivity index (χ4v) is 5.27. The van der Waals surface area contributed by atoms with E-state index in [0.717, 1.165) is 12.1 Å². The molecule has 2 aromatic heterocycles. The van der Waals surface area contributed by atoms with Crippen molar-refractivity contribution in [2.45, 2.75) is 69.4 Å². The van der Waals surface area contributed by atoms with Gasteiger partial charge >= 0.3 is 0 Å². The Balaban J connectivity index is 1.48. The summed E-state index contributed by atoms with van der Waals surface area (Å²) in [5.41, 5.74) is 6.19. The molecule has 8 nitrogen and oxygen atoms in total. The number of anilines is 3. The summed E-state index contributed by atoms with van der Waals surface area (Å²) in [5, 5.41) is 5.65. The Hall–Kier alpha value is -3.15. The maximum Gasteiger partial charge on any atom is 0.248 e. The number of nitrogens with two attached hydrogens (primary N) is 1. The van der Waals surface area contributed by atoms with E-state index in [1.807, 2.05) is 0 Å². The van der Waals surface area contributed by atoms with Crippen molar-refractivity contribution in [1.82, 2.24) is 19.5 Å².